The Kier molecular flexibility index (Phi) is 4.39. The minimum atomic E-state index is -0.412. The van der Waals surface area contributed by atoms with Crippen LogP contribution in [-0.2, 0) is 6.61 Å². The van der Waals surface area contributed by atoms with E-state index in [0.717, 1.165) is 16.9 Å². The van der Waals surface area contributed by atoms with E-state index < -0.39 is 4.92 Å². The van der Waals surface area contributed by atoms with Gasteiger partial charge in [-0.1, -0.05) is 29.8 Å². The lowest BCUT2D eigenvalue weighted by atomic mass is 10.1. The third-order valence-electron chi connectivity index (χ3n) is 2.97. The summed E-state index contributed by atoms with van der Waals surface area (Å²) in [4.78, 5) is 10.5. The van der Waals surface area contributed by atoms with E-state index in [1.165, 1.54) is 11.6 Å². The second kappa shape index (κ2) is 6.05. The molecule has 2 rings (SSSR count). The lowest BCUT2D eigenvalue weighted by molar-refractivity contribution is -0.385. The van der Waals surface area contributed by atoms with Gasteiger partial charge < -0.3 is 4.74 Å². The minimum absolute atomic E-state index is 0.0479. The van der Waals surface area contributed by atoms with E-state index in [0.29, 0.717) is 4.47 Å². The molecule has 0 fully saturated rings. The van der Waals surface area contributed by atoms with Gasteiger partial charge in [0.2, 0.25) is 0 Å². The van der Waals surface area contributed by atoms with Crippen molar-refractivity contribution >= 4 is 21.6 Å². The molecule has 0 N–H and O–H groups in total. The highest BCUT2D eigenvalue weighted by molar-refractivity contribution is 9.10. The van der Waals surface area contributed by atoms with Gasteiger partial charge in [0.1, 0.15) is 16.8 Å². The Balaban J connectivity index is 2.19. The first kappa shape index (κ1) is 14.5. The number of nitrogens with zero attached hydrogens (tertiary/aromatic N) is 1. The van der Waals surface area contributed by atoms with Crippen LogP contribution in [0.25, 0.3) is 0 Å². The predicted molar refractivity (Wildman–Crippen MR) is 81.0 cm³/mol. The molecule has 2 aromatic rings. The van der Waals surface area contributed by atoms with Gasteiger partial charge in [0.05, 0.1) is 4.92 Å². The van der Waals surface area contributed by atoms with Crippen LogP contribution < -0.4 is 4.74 Å². The molecule has 0 aliphatic carbocycles. The third-order valence-corrected chi connectivity index (χ3v) is 3.88. The van der Waals surface area contributed by atoms with E-state index in [4.69, 9.17) is 4.74 Å². The van der Waals surface area contributed by atoms with Crippen molar-refractivity contribution in [3.63, 3.8) is 0 Å². The van der Waals surface area contributed by atoms with Crippen molar-refractivity contribution < 1.29 is 9.66 Å². The topological polar surface area (TPSA) is 52.4 Å². The highest BCUT2D eigenvalue weighted by Gasteiger charge is 2.15. The summed E-state index contributed by atoms with van der Waals surface area (Å²) in [6, 6.07) is 10.9. The molecule has 0 bridgehead atoms. The summed E-state index contributed by atoms with van der Waals surface area (Å²) in [5.74, 6) is 0.786. The van der Waals surface area contributed by atoms with E-state index in [-0.39, 0.29) is 12.3 Å². The van der Waals surface area contributed by atoms with Crippen LogP contribution in [-0.4, -0.2) is 4.92 Å². The van der Waals surface area contributed by atoms with Crippen LogP contribution in [0.5, 0.6) is 5.75 Å². The average molecular weight is 336 g/mol. The molecule has 0 aromatic heterocycles. The summed E-state index contributed by atoms with van der Waals surface area (Å²) in [7, 11) is 0. The van der Waals surface area contributed by atoms with E-state index in [1.807, 2.05) is 32.0 Å². The van der Waals surface area contributed by atoms with Gasteiger partial charge in [0.15, 0.2) is 0 Å². The molecular formula is C15H14BrNO3. The van der Waals surface area contributed by atoms with Gasteiger partial charge in [-0.15, -0.1) is 0 Å². The average Bonchev–Trinajstić information content (AvgIpc) is 2.39. The Morgan fingerprint density at radius 3 is 2.65 bits per heavy atom. The van der Waals surface area contributed by atoms with E-state index in [2.05, 4.69) is 15.9 Å². The summed E-state index contributed by atoms with van der Waals surface area (Å²) in [5.41, 5.74) is 3.02. The monoisotopic (exact) mass is 335 g/mol. The first-order valence-corrected chi connectivity index (χ1v) is 6.90. The van der Waals surface area contributed by atoms with Crippen LogP contribution in [0.15, 0.2) is 40.9 Å². The molecule has 0 saturated carbocycles. The molecule has 5 heteroatoms. The van der Waals surface area contributed by atoms with Gasteiger partial charge in [-0.25, -0.2) is 0 Å². The van der Waals surface area contributed by atoms with Gasteiger partial charge >= 0.3 is 0 Å². The molecule has 0 atom stereocenters. The van der Waals surface area contributed by atoms with Gasteiger partial charge in [-0.2, -0.15) is 0 Å². The number of benzene rings is 2. The maximum Gasteiger partial charge on any atom is 0.283 e. The third kappa shape index (κ3) is 3.17. The van der Waals surface area contributed by atoms with Gasteiger partial charge in [-0.3, -0.25) is 10.1 Å². The van der Waals surface area contributed by atoms with Gasteiger partial charge in [0, 0.05) is 11.6 Å². The number of nitro groups is 1. The second-order valence-electron chi connectivity index (χ2n) is 4.56. The van der Waals surface area contributed by atoms with Crippen LogP contribution in [0.4, 0.5) is 5.69 Å². The maximum atomic E-state index is 10.9. The van der Waals surface area contributed by atoms with Crippen LogP contribution >= 0.6 is 15.9 Å². The quantitative estimate of drug-likeness (QED) is 0.608. The molecule has 0 spiro atoms. The van der Waals surface area contributed by atoms with Crippen molar-refractivity contribution in [2.24, 2.45) is 0 Å². The second-order valence-corrected chi connectivity index (χ2v) is 5.36. The van der Waals surface area contributed by atoms with E-state index >= 15 is 0 Å². The van der Waals surface area contributed by atoms with Crippen molar-refractivity contribution in [2.75, 3.05) is 0 Å². The summed E-state index contributed by atoms with van der Waals surface area (Å²) in [6.45, 7) is 4.28. The Morgan fingerprint density at radius 2 is 2.00 bits per heavy atom. The minimum Gasteiger partial charge on any atom is -0.489 e. The van der Waals surface area contributed by atoms with Crippen LogP contribution in [0, 0.1) is 24.0 Å². The molecule has 0 aliphatic heterocycles. The number of ether oxygens (including phenoxy) is 1. The van der Waals surface area contributed by atoms with Crippen LogP contribution in [0.3, 0.4) is 0 Å². The Hall–Kier alpha value is -1.88. The van der Waals surface area contributed by atoms with Crippen LogP contribution in [0.2, 0.25) is 0 Å². The molecule has 0 amide bonds. The summed E-state index contributed by atoms with van der Waals surface area (Å²) < 4.78 is 6.21. The van der Waals surface area contributed by atoms with Gasteiger partial charge in [0.25, 0.3) is 5.69 Å². The van der Waals surface area contributed by atoms with Crippen molar-refractivity contribution in [2.45, 2.75) is 20.5 Å². The molecular weight excluding hydrogens is 322 g/mol. The zero-order chi connectivity index (χ0) is 14.7. The number of hydrogen-bond acceptors (Lipinski definition) is 3. The molecule has 0 aliphatic rings. The SMILES string of the molecule is Cc1ccc(OCc2cccc([N+](=O)[O-])c2Br)c(C)c1. The normalized spacial score (nSPS) is 10.3. The maximum absolute atomic E-state index is 10.9. The van der Waals surface area contributed by atoms with Crippen molar-refractivity contribution in [1.29, 1.82) is 0 Å². The molecule has 0 radical (unpaired) electrons. The number of hydrogen-bond donors (Lipinski definition) is 0. The lowest BCUT2D eigenvalue weighted by Gasteiger charge is -2.11. The fourth-order valence-electron chi connectivity index (χ4n) is 1.94. The zero-order valence-electron chi connectivity index (χ0n) is 11.2. The molecule has 0 unspecified atom stereocenters. The number of rotatable bonds is 4. The first-order chi connectivity index (χ1) is 9.49. The smallest absolute Gasteiger partial charge is 0.283 e. The molecule has 2 aromatic carbocycles. The first-order valence-electron chi connectivity index (χ1n) is 6.11. The molecule has 20 heavy (non-hydrogen) atoms. The van der Waals surface area contributed by atoms with E-state index in [9.17, 15) is 10.1 Å². The number of halogens is 1. The lowest BCUT2D eigenvalue weighted by Crippen LogP contribution is -2.00. The molecule has 0 saturated heterocycles. The van der Waals surface area contributed by atoms with Crippen molar-refractivity contribution in [3.8, 4) is 5.75 Å². The highest BCUT2D eigenvalue weighted by atomic mass is 79.9. The van der Waals surface area contributed by atoms with Gasteiger partial charge in [-0.05, 0) is 41.4 Å². The zero-order valence-corrected chi connectivity index (χ0v) is 12.8. The molecule has 104 valence electrons. The fraction of sp³-hybridized carbons (Fsp3) is 0.200. The van der Waals surface area contributed by atoms with Crippen molar-refractivity contribution in [3.05, 3.63) is 67.7 Å². The number of aryl methyl sites for hydroxylation is 2. The van der Waals surface area contributed by atoms with Crippen LogP contribution in [0.1, 0.15) is 16.7 Å². The largest absolute Gasteiger partial charge is 0.489 e. The standard InChI is InChI=1S/C15H14BrNO3/c1-10-6-7-14(11(2)8-10)20-9-12-4-3-5-13(15(12)16)17(18)19/h3-8H,9H2,1-2H3. The summed E-state index contributed by atoms with van der Waals surface area (Å²) >= 11 is 3.26. The highest BCUT2D eigenvalue weighted by Crippen LogP contribution is 2.29. The summed E-state index contributed by atoms with van der Waals surface area (Å²) in [6.07, 6.45) is 0. The number of nitro benzene ring substituents is 1. The van der Waals surface area contributed by atoms with E-state index in [1.54, 1.807) is 12.1 Å². The Bertz CT molecular complexity index is 656. The Morgan fingerprint density at radius 1 is 1.25 bits per heavy atom. The predicted octanol–water partition coefficient (Wildman–Crippen LogP) is 4.55. The molecule has 4 nitrogen and oxygen atoms in total. The summed E-state index contributed by atoms with van der Waals surface area (Å²) in [5, 5.41) is 10.9. The molecule has 0 heterocycles. The van der Waals surface area contributed by atoms with Crippen molar-refractivity contribution in [1.82, 2.24) is 0 Å². The fourth-order valence-corrected chi connectivity index (χ4v) is 2.46. The Labute approximate surface area is 125 Å².